The number of hydrogen-bond acceptors (Lipinski definition) is 4. The number of halogens is 1. The number of carbonyl (C=O) groups is 1. The molecule has 1 unspecified atom stereocenters. The largest absolute Gasteiger partial charge is 0.494 e. The van der Waals surface area contributed by atoms with Crippen molar-refractivity contribution in [1.82, 2.24) is 4.90 Å². The standard InChI is InChI=1S/C24H29BrN2O2S/c1-2-29-21-8-9-23(25)19(15-21)14-18-10-12-26(13-11-18)16-22-17-27(24(28)30-22)20-6-4-3-5-7-20/h3-9,15,18,22H,2,10-14,16-17H2,1H3. The molecular formula is C24H29BrN2O2S. The number of amides is 1. The molecule has 4 nitrogen and oxygen atoms in total. The first-order valence-corrected chi connectivity index (χ1v) is 12.5. The van der Waals surface area contributed by atoms with Crippen molar-refractivity contribution >= 4 is 38.6 Å². The minimum Gasteiger partial charge on any atom is -0.494 e. The number of nitrogens with zero attached hydrogens (tertiary/aromatic N) is 2. The van der Waals surface area contributed by atoms with Crippen molar-refractivity contribution in [3.05, 3.63) is 58.6 Å². The van der Waals surface area contributed by atoms with Gasteiger partial charge in [0, 0.05) is 28.5 Å². The number of anilines is 1. The van der Waals surface area contributed by atoms with Gasteiger partial charge in [-0.2, -0.15) is 0 Å². The maximum absolute atomic E-state index is 12.4. The molecule has 2 aliphatic heterocycles. The van der Waals surface area contributed by atoms with E-state index < -0.39 is 0 Å². The minimum atomic E-state index is 0.181. The van der Waals surface area contributed by atoms with Gasteiger partial charge in [-0.25, -0.2) is 0 Å². The van der Waals surface area contributed by atoms with Crippen LogP contribution < -0.4 is 9.64 Å². The molecule has 0 spiro atoms. The van der Waals surface area contributed by atoms with Crippen LogP contribution in [0, 0.1) is 5.92 Å². The molecule has 2 heterocycles. The van der Waals surface area contributed by atoms with Gasteiger partial charge in [-0.3, -0.25) is 4.79 Å². The zero-order chi connectivity index (χ0) is 20.9. The van der Waals surface area contributed by atoms with E-state index in [1.165, 1.54) is 34.6 Å². The number of rotatable bonds is 7. The summed E-state index contributed by atoms with van der Waals surface area (Å²) in [4.78, 5) is 16.9. The number of para-hydroxylation sites is 1. The summed E-state index contributed by atoms with van der Waals surface area (Å²) in [7, 11) is 0. The fraction of sp³-hybridized carbons (Fsp3) is 0.458. The average molecular weight is 489 g/mol. The minimum absolute atomic E-state index is 0.181. The fourth-order valence-corrected chi connectivity index (χ4v) is 5.88. The van der Waals surface area contributed by atoms with Gasteiger partial charge in [0.15, 0.2) is 0 Å². The van der Waals surface area contributed by atoms with Crippen LogP contribution >= 0.6 is 27.7 Å². The van der Waals surface area contributed by atoms with Crippen LogP contribution in [0.5, 0.6) is 5.75 Å². The van der Waals surface area contributed by atoms with E-state index in [4.69, 9.17) is 4.74 Å². The third kappa shape index (κ3) is 5.40. The van der Waals surface area contributed by atoms with Crippen LogP contribution in [0.15, 0.2) is 53.0 Å². The predicted molar refractivity (Wildman–Crippen MR) is 129 cm³/mol. The number of hydrogen-bond donors (Lipinski definition) is 0. The highest BCUT2D eigenvalue weighted by atomic mass is 79.9. The lowest BCUT2D eigenvalue weighted by atomic mass is 9.90. The third-order valence-electron chi connectivity index (χ3n) is 5.95. The van der Waals surface area contributed by atoms with Crippen LogP contribution in [0.3, 0.4) is 0 Å². The first-order valence-electron chi connectivity index (χ1n) is 10.8. The Kier molecular flexibility index (Phi) is 7.39. The van der Waals surface area contributed by atoms with E-state index in [-0.39, 0.29) is 5.24 Å². The van der Waals surface area contributed by atoms with Crippen LogP contribution in [0.4, 0.5) is 10.5 Å². The van der Waals surface area contributed by atoms with E-state index >= 15 is 0 Å². The number of likely N-dealkylation sites (tertiary alicyclic amines) is 1. The summed E-state index contributed by atoms with van der Waals surface area (Å²) >= 11 is 5.20. The Morgan fingerprint density at radius 3 is 2.63 bits per heavy atom. The smallest absolute Gasteiger partial charge is 0.286 e. The van der Waals surface area contributed by atoms with Crippen molar-refractivity contribution in [3.63, 3.8) is 0 Å². The maximum Gasteiger partial charge on any atom is 0.286 e. The second-order valence-corrected chi connectivity index (χ2v) is 10.2. The van der Waals surface area contributed by atoms with Crippen molar-refractivity contribution < 1.29 is 9.53 Å². The van der Waals surface area contributed by atoms with Gasteiger partial charge in [0.25, 0.3) is 5.24 Å². The van der Waals surface area contributed by atoms with Gasteiger partial charge in [-0.15, -0.1) is 0 Å². The second-order valence-electron chi connectivity index (χ2n) is 8.09. The summed E-state index contributed by atoms with van der Waals surface area (Å²) in [5.41, 5.74) is 2.35. The Hall–Kier alpha value is -1.50. The topological polar surface area (TPSA) is 32.8 Å². The lowest BCUT2D eigenvalue weighted by molar-refractivity contribution is 0.185. The first kappa shape index (κ1) is 21.7. The summed E-state index contributed by atoms with van der Waals surface area (Å²) < 4.78 is 6.84. The molecule has 160 valence electrons. The molecule has 0 radical (unpaired) electrons. The Balaban J connectivity index is 1.26. The number of thioether (sulfide) groups is 1. The second kappa shape index (κ2) is 10.2. The Morgan fingerprint density at radius 1 is 1.13 bits per heavy atom. The Bertz CT molecular complexity index is 856. The van der Waals surface area contributed by atoms with Gasteiger partial charge >= 0.3 is 0 Å². The van der Waals surface area contributed by atoms with Crippen LogP contribution in [0.25, 0.3) is 0 Å². The van der Waals surface area contributed by atoms with Crippen molar-refractivity contribution in [3.8, 4) is 5.75 Å². The number of piperidine rings is 1. The normalized spacial score (nSPS) is 20.7. The molecule has 1 atom stereocenters. The molecule has 0 bridgehead atoms. The van der Waals surface area contributed by atoms with Gasteiger partial charge in [-0.1, -0.05) is 45.9 Å². The van der Waals surface area contributed by atoms with E-state index in [9.17, 15) is 4.79 Å². The lowest BCUT2D eigenvalue weighted by Gasteiger charge is -2.33. The summed E-state index contributed by atoms with van der Waals surface area (Å²) in [6, 6.07) is 16.3. The van der Waals surface area contributed by atoms with Crippen LogP contribution in [-0.4, -0.2) is 48.2 Å². The Labute approximate surface area is 192 Å². The summed E-state index contributed by atoms with van der Waals surface area (Å²) in [5.74, 6) is 1.66. The van der Waals surface area contributed by atoms with Crippen molar-refractivity contribution in [2.24, 2.45) is 5.92 Å². The highest BCUT2D eigenvalue weighted by molar-refractivity contribution is 9.10. The van der Waals surface area contributed by atoms with E-state index in [0.717, 1.165) is 44.0 Å². The molecule has 30 heavy (non-hydrogen) atoms. The zero-order valence-corrected chi connectivity index (χ0v) is 19.8. The highest BCUT2D eigenvalue weighted by Gasteiger charge is 2.33. The van der Waals surface area contributed by atoms with Crippen molar-refractivity contribution in [2.75, 3.05) is 37.7 Å². The molecule has 1 amide bonds. The molecule has 2 aliphatic rings. The number of ether oxygens (including phenoxy) is 1. The predicted octanol–water partition coefficient (Wildman–Crippen LogP) is 5.84. The molecule has 2 aromatic carbocycles. The molecule has 2 saturated heterocycles. The van der Waals surface area contributed by atoms with Gasteiger partial charge in [-0.05, 0) is 81.1 Å². The van der Waals surface area contributed by atoms with Gasteiger partial charge in [0.05, 0.1) is 6.61 Å². The summed E-state index contributed by atoms with van der Waals surface area (Å²) in [6.07, 6.45) is 3.51. The van der Waals surface area contributed by atoms with E-state index in [1.807, 2.05) is 48.2 Å². The van der Waals surface area contributed by atoms with Crippen molar-refractivity contribution in [1.29, 1.82) is 0 Å². The monoisotopic (exact) mass is 488 g/mol. The summed E-state index contributed by atoms with van der Waals surface area (Å²) in [6.45, 7) is 6.75. The molecule has 0 aliphatic carbocycles. The molecule has 0 aromatic heterocycles. The maximum atomic E-state index is 12.4. The Morgan fingerprint density at radius 2 is 1.90 bits per heavy atom. The van der Waals surface area contributed by atoms with E-state index in [2.05, 4.69) is 33.0 Å². The molecule has 4 rings (SSSR count). The van der Waals surface area contributed by atoms with Gasteiger partial charge < -0.3 is 14.5 Å². The van der Waals surface area contributed by atoms with Gasteiger partial charge in [0.2, 0.25) is 0 Å². The molecule has 6 heteroatoms. The number of benzene rings is 2. The molecule has 0 N–H and O–H groups in total. The van der Waals surface area contributed by atoms with Crippen LogP contribution in [0.1, 0.15) is 25.3 Å². The van der Waals surface area contributed by atoms with Crippen LogP contribution in [0.2, 0.25) is 0 Å². The summed E-state index contributed by atoms with van der Waals surface area (Å²) in [5, 5.41) is 0.534. The SMILES string of the molecule is CCOc1ccc(Br)c(CC2CCN(CC3CN(c4ccccc4)C(=O)S3)CC2)c1. The quantitative estimate of drug-likeness (QED) is 0.489. The fourth-order valence-electron chi connectivity index (χ4n) is 4.37. The average Bonchev–Trinajstić information content (AvgIpc) is 3.13. The van der Waals surface area contributed by atoms with E-state index in [1.54, 1.807) is 0 Å². The number of carbonyl (C=O) groups excluding carboxylic acids is 1. The van der Waals surface area contributed by atoms with E-state index in [0.29, 0.717) is 17.8 Å². The molecular weight excluding hydrogens is 460 g/mol. The highest BCUT2D eigenvalue weighted by Crippen LogP contribution is 2.33. The van der Waals surface area contributed by atoms with Crippen molar-refractivity contribution in [2.45, 2.75) is 31.4 Å². The van der Waals surface area contributed by atoms with Crippen LogP contribution in [-0.2, 0) is 6.42 Å². The molecule has 0 saturated carbocycles. The zero-order valence-electron chi connectivity index (χ0n) is 17.4. The lowest BCUT2D eigenvalue weighted by Crippen LogP contribution is -2.39. The third-order valence-corrected chi connectivity index (χ3v) is 7.77. The van der Waals surface area contributed by atoms with Gasteiger partial charge in [0.1, 0.15) is 5.75 Å². The molecule has 2 fully saturated rings. The molecule has 2 aromatic rings. The first-order chi connectivity index (χ1) is 14.6.